The van der Waals surface area contributed by atoms with E-state index in [1.165, 1.54) is 0 Å². The molecule has 0 radical (unpaired) electrons. The first kappa shape index (κ1) is 10.9. The zero-order chi connectivity index (χ0) is 12.5. The Labute approximate surface area is 107 Å². The average molecular weight is 255 g/mol. The van der Waals surface area contributed by atoms with E-state index >= 15 is 0 Å². The smallest absolute Gasteiger partial charge is 0.270 e. The molecule has 1 amide bonds. The van der Waals surface area contributed by atoms with E-state index in [2.05, 4.69) is 8.75 Å². The Morgan fingerprint density at radius 3 is 2.61 bits per heavy atom. The molecule has 18 heavy (non-hydrogen) atoms. The van der Waals surface area contributed by atoms with E-state index in [4.69, 9.17) is 5.73 Å². The number of rotatable bonds is 2. The summed E-state index contributed by atoms with van der Waals surface area (Å²) in [6.07, 6.45) is 0. The van der Waals surface area contributed by atoms with Gasteiger partial charge in [-0.1, -0.05) is 36.4 Å². The van der Waals surface area contributed by atoms with Gasteiger partial charge in [-0.3, -0.25) is 4.79 Å². The zero-order valence-corrected chi connectivity index (χ0v) is 10.1. The van der Waals surface area contributed by atoms with Gasteiger partial charge in [0, 0.05) is 5.56 Å². The van der Waals surface area contributed by atoms with Crippen LogP contribution in [0.15, 0.2) is 42.5 Å². The SMILES string of the molecule is NC(=O)c1nsnc1-c1ccc2ccccc2c1. The number of aromatic nitrogens is 2. The number of benzene rings is 2. The molecule has 0 fully saturated rings. The topological polar surface area (TPSA) is 68.9 Å². The quantitative estimate of drug-likeness (QED) is 0.764. The highest BCUT2D eigenvalue weighted by Crippen LogP contribution is 2.25. The lowest BCUT2D eigenvalue weighted by atomic mass is 10.0. The van der Waals surface area contributed by atoms with Crippen molar-refractivity contribution in [2.24, 2.45) is 5.73 Å². The fourth-order valence-electron chi connectivity index (χ4n) is 1.88. The lowest BCUT2D eigenvalue weighted by molar-refractivity contribution is 0.0997. The summed E-state index contributed by atoms with van der Waals surface area (Å²) in [5, 5.41) is 2.24. The summed E-state index contributed by atoms with van der Waals surface area (Å²) >= 11 is 0.994. The van der Waals surface area contributed by atoms with Gasteiger partial charge >= 0.3 is 0 Å². The highest BCUT2D eigenvalue weighted by molar-refractivity contribution is 6.99. The largest absolute Gasteiger partial charge is 0.364 e. The first-order valence-corrected chi connectivity index (χ1v) is 6.10. The van der Waals surface area contributed by atoms with Crippen molar-refractivity contribution in [2.45, 2.75) is 0 Å². The second-order valence-electron chi connectivity index (χ2n) is 3.89. The third kappa shape index (κ3) is 1.74. The minimum atomic E-state index is -0.549. The van der Waals surface area contributed by atoms with Gasteiger partial charge in [0.1, 0.15) is 5.69 Å². The molecule has 3 rings (SSSR count). The Bertz CT molecular complexity index is 736. The van der Waals surface area contributed by atoms with Crippen LogP contribution in [0.2, 0.25) is 0 Å². The Hall–Kier alpha value is -2.27. The first-order chi connectivity index (χ1) is 8.75. The Balaban J connectivity index is 2.19. The summed E-state index contributed by atoms with van der Waals surface area (Å²) in [4.78, 5) is 11.2. The third-order valence-corrected chi connectivity index (χ3v) is 3.27. The number of nitrogens with zero attached hydrogens (tertiary/aromatic N) is 2. The van der Waals surface area contributed by atoms with E-state index in [-0.39, 0.29) is 5.69 Å². The average Bonchev–Trinajstić information content (AvgIpc) is 2.87. The molecule has 4 nitrogen and oxygen atoms in total. The van der Waals surface area contributed by atoms with E-state index in [0.717, 1.165) is 28.1 Å². The van der Waals surface area contributed by atoms with Crippen LogP contribution >= 0.6 is 11.7 Å². The predicted octanol–water partition coefficient (Wildman–Crippen LogP) is 2.46. The molecule has 2 aromatic carbocycles. The molecule has 0 atom stereocenters. The molecule has 88 valence electrons. The van der Waals surface area contributed by atoms with Crippen LogP contribution in [-0.2, 0) is 0 Å². The van der Waals surface area contributed by atoms with Crippen molar-refractivity contribution < 1.29 is 4.79 Å². The van der Waals surface area contributed by atoms with Gasteiger partial charge in [-0.15, -0.1) is 0 Å². The molecule has 3 aromatic rings. The summed E-state index contributed by atoms with van der Waals surface area (Å²) in [7, 11) is 0. The molecule has 0 aliphatic rings. The summed E-state index contributed by atoms with van der Waals surface area (Å²) < 4.78 is 8.07. The van der Waals surface area contributed by atoms with Gasteiger partial charge in [0.25, 0.3) is 5.91 Å². The molecule has 5 heteroatoms. The van der Waals surface area contributed by atoms with E-state index in [1.54, 1.807) is 0 Å². The number of fused-ring (bicyclic) bond motifs is 1. The summed E-state index contributed by atoms with van der Waals surface area (Å²) in [5.74, 6) is -0.549. The first-order valence-electron chi connectivity index (χ1n) is 5.37. The lowest BCUT2D eigenvalue weighted by Gasteiger charge is -2.01. The van der Waals surface area contributed by atoms with Crippen molar-refractivity contribution in [1.82, 2.24) is 8.75 Å². The van der Waals surface area contributed by atoms with Crippen LogP contribution in [0, 0.1) is 0 Å². The zero-order valence-electron chi connectivity index (χ0n) is 9.33. The van der Waals surface area contributed by atoms with E-state index in [1.807, 2.05) is 42.5 Å². The van der Waals surface area contributed by atoms with Crippen LogP contribution in [0.5, 0.6) is 0 Å². The van der Waals surface area contributed by atoms with Crippen LogP contribution in [0.1, 0.15) is 10.5 Å². The van der Waals surface area contributed by atoms with Gasteiger partial charge in [0.05, 0.1) is 11.7 Å². The predicted molar refractivity (Wildman–Crippen MR) is 71.4 cm³/mol. The minimum absolute atomic E-state index is 0.232. The number of carbonyl (C=O) groups is 1. The van der Waals surface area contributed by atoms with Crippen molar-refractivity contribution >= 4 is 28.4 Å². The monoisotopic (exact) mass is 255 g/mol. The molecule has 0 saturated carbocycles. The van der Waals surface area contributed by atoms with Crippen molar-refractivity contribution in [3.8, 4) is 11.3 Å². The molecule has 0 bridgehead atoms. The minimum Gasteiger partial charge on any atom is -0.364 e. The molecule has 0 aliphatic heterocycles. The molecule has 0 unspecified atom stereocenters. The number of nitrogens with two attached hydrogens (primary N) is 1. The van der Waals surface area contributed by atoms with Crippen LogP contribution in [-0.4, -0.2) is 14.7 Å². The number of primary amides is 1. The van der Waals surface area contributed by atoms with Crippen LogP contribution in [0.25, 0.3) is 22.0 Å². The fourth-order valence-corrected chi connectivity index (χ4v) is 2.45. The second-order valence-corrected chi connectivity index (χ2v) is 4.42. The van der Waals surface area contributed by atoms with E-state index in [9.17, 15) is 4.79 Å². The molecular weight excluding hydrogens is 246 g/mol. The van der Waals surface area contributed by atoms with Crippen molar-refractivity contribution in [2.75, 3.05) is 0 Å². The summed E-state index contributed by atoms with van der Waals surface area (Å²) in [6, 6.07) is 13.9. The lowest BCUT2D eigenvalue weighted by Crippen LogP contribution is -2.12. The number of amides is 1. The summed E-state index contributed by atoms with van der Waals surface area (Å²) in [5.41, 5.74) is 6.92. The van der Waals surface area contributed by atoms with Gasteiger partial charge in [-0.25, -0.2) is 0 Å². The standard InChI is InChI=1S/C13H9N3OS/c14-13(17)12-11(15-18-16-12)10-6-5-8-3-1-2-4-9(8)7-10/h1-7H,(H2,14,17). The van der Waals surface area contributed by atoms with Crippen molar-refractivity contribution in [1.29, 1.82) is 0 Å². The van der Waals surface area contributed by atoms with E-state index < -0.39 is 5.91 Å². The highest BCUT2D eigenvalue weighted by Gasteiger charge is 2.15. The van der Waals surface area contributed by atoms with Crippen LogP contribution < -0.4 is 5.73 Å². The highest BCUT2D eigenvalue weighted by atomic mass is 32.1. The van der Waals surface area contributed by atoms with Gasteiger partial charge < -0.3 is 5.73 Å². The fraction of sp³-hybridized carbons (Fsp3) is 0. The maximum Gasteiger partial charge on any atom is 0.270 e. The van der Waals surface area contributed by atoms with Crippen LogP contribution in [0.4, 0.5) is 0 Å². The normalized spacial score (nSPS) is 10.7. The Morgan fingerprint density at radius 1 is 1.06 bits per heavy atom. The Kier molecular flexibility index (Phi) is 2.53. The number of carbonyl (C=O) groups excluding carboxylic acids is 1. The molecule has 0 saturated heterocycles. The number of hydrogen-bond acceptors (Lipinski definition) is 4. The molecule has 0 aliphatic carbocycles. The number of hydrogen-bond donors (Lipinski definition) is 1. The van der Waals surface area contributed by atoms with Gasteiger partial charge in [-0.05, 0) is 16.8 Å². The maximum absolute atomic E-state index is 11.2. The third-order valence-electron chi connectivity index (χ3n) is 2.74. The summed E-state index contributed by atoms with van der Waals surface area (Å²) in [6.45, 7) is 0. The molecule has 1 aromatic heterocycles. The van der Waals surface area contributed by atoms with Gasteiger partial charge in [0.2, 0.25) is 0 Å². The second kappa shape index (κ2) is 4.19. The van der Waals surface area contributed by atoms with E-state index in [0.29, 0.717) is 5.69 Å². The van der Waals surface area contributed by atoms with Gasteiger partial charge in [0.15, 0.2) is 5.69 Å². The molecule has 2 N–H and O–H groups in total. The van der Waals surface area contributed by atoms with Crippen molar-refractivity contribution in [3.05, 3.63) is 48.2 Å². The molecule has 1 heterocycles. The van der Waals surface area contributed by atoms with Crippen molar-refractivity contribution in [3.63, 3.8) is 0 Å². The van der Waals surface area contributed by atoms with Crippen LogP contribution in [0.3, 0.4) is 0 Å². The Morgan fingerprint density at radius 2 is 1.83 bits per heavy atom. The maximum atomic E-state index is 11.2. The molecular formula is C13H9N3OS. The van der Waals surface area contributed by atoms with Gasteiger partial charge in [-0.2, -0.15) is 8.75 Å². The molecule has 0 spiro atoms.